The molecule has 2 aliphatic rings. The maximum atomic E-state index is 11.9. The Hall–Kier alpha value is -0.180. The molecule has 0 aromatic rings. The van der Waals surface area contributed by atoms with Crippen LogP contribution in [-0.2, 0) is 28.6 Å². The zero-order chi connectivity index (χ0) is 16.4. The Labute approximate surface area is 133 Å². The summed E-state index contributed by atoms with van der Waals surface area (Å²) in [5, 5.41) is 0. The third kappa shape index (κ3) is 5.18. The van der Waals surface area contributed by atoms with Crippen molar-refractivity contribution >= 4 is 20.2 Å². The number of rotatable bonds is 7. The summed E-state index contributed by atoms with van der Waals surface area (Å²) in [7, 11) is -7.67. The molecule has 0 aromatic heterocycles. The minimum atomic E-state index is -3.84. The van der Waals surface area contributed by atoms with Crippen molar-refractivity contribution in [2.45, 2.75) is 64.6 Å². The van der Waals surface area contributed by atoms with Crippen LogP contribution in [0.2, 0.25) is 0 Å². The molecule has 6 nitrogen and oxygen atoms in total. The van der Waals surface area contributed by atoms with E-state index < -0.39 is 31.7 Å². The molecule has 0 saturated heterocycles. The van der Waals surface area contributed by atoms with Gasteiger partial charge >= 0.3 is 0 Å². The van der Waals surface area contributed by atoms with Crippen molar-refractivity contribution < 1.29 is 25.2 Å². The van der Waals surface area contributed by atoms with E-state index in [0.717, 1.165) is 25.7 Å². The van der Waals surface area contributed by atoms with Gasteiger partial charge in [0.2, 0.25) is 0 Å². The SMILES string of the molecule is CC1CCCC1OS(=O)(=O)CCS(=O)(=O)OC1CCCC1C. The van der Waals surface area contributed by atoms with Gasteiger partial charge in [-0.05, 0) is 37.5 Å². The van der Waals surface area contributed by atoms with Crippen LogP contribution < -0.4 is 0 Å². The lowest BCUT2D eigenvalue weighted by atomic mass is 10.1. The average molecular weight is 354 g/mol. The molecule has 0 aromatic carbocycles. The van der Waals surface area contributed by atoms with E-state index in [4.69, 9.17) is 8.37 Å². The fourth-order valence-corrected chi connectivity index (χ4v) is 6.34. The fraction of sp³-hybridized carbons (Fsp3) is 1.00. The van der Waals surface area contributed by atoms with E-state index in [0.29, 0.717) is 12.8 Å². The van der Waals surface area contributed by atoms with Crippen LogP contribution in [0.5, 0.6) is 0 Å². The van der Waals surface area contributed by atoms with Gasteiger partial charge in [0, 0.05) is 0 Å². The lowest BCUT2D eigenvalue weighted by Gasteiger charge is -2.17. The summed E-state index contributed by atoms with van der Waals surface area (Å²) < 4.78 is 58.1. The number of hydrogen-bond donors (Lipinski definition) is 0. The zero-order valence-corrected chi connectivity index (χ0v) is 14.9. The highest BCUT2D eigenvalue weighted by Crippen LogP contribution is 2.30. The molecule has 4 atom stereocenters. The highest BCUT2D eigenvalue weighted by Gasteiger charge is 2.32. The lowest BCUT2D eigenvalue weighted by molar-refractivity contribution is 0.172. The minimum Gasteiger partial charge on any atom is -0.266 e. The molecular weight excluding hydrogens is 328 g/mol. The summed E-state index contributed by atoms with van der Waals surface area (Å²) in [6.45, 7) is 3.91. The van der Waals surface area contributed by atoms with E-state index in [2.05, 4.69) is 0 Å². The van der Waals surface area contributed by atoms with Gasteiger partial charge in [-0.15, -0.1) is 0 Å². The first-order valence-electron chi connectivity index (χ1n) is 8.00. The van der Waals surface area contributed by atoms with Crippen molar-refractivity contribution in [3.05, 3.63) is 0 Å². The van der Waals surface area contributed by atoms with Gasteiger partial charge in [0.25, 0.3) is 20.2 Å². The Balaban J connectivity index is 1.84. The molecule has 0 N–H and O–H groups in total. The molecule has 0 heterocycles. The third-order valence-electron chi connectivity index (χ3n) is 4.69. The summed E-state index contributed by atoms with van der Waals surface area (Å²) >= 11 is 0. The molecular formula is C14H26O6S2. The fourth-order valence-electron chi connectivity index (χ4n) is 3.19. The minimum absolute atomic E-state index is 0.196. The highest BCUT2D eigenvalue weighted by molar-refractivity contribution is 7.90. The summed E-state index contributed by atoms with van der Waals surface area (Å²) in [4.78, 5) is 0. The van der Waals surface area contributed by atoms with E-state index in [1.807, 2.05) is 13.8 Å². The van der Waals surface area contributed by atoms with Crippen molar-refractivity contribution in [3.63, 3.8) is 0 Å². The van der Waals surface area contributed by atoms with Crippen molar-refractivity contribution in [2.75, 3.05) is 11.5 Å². The molecule has 2 fully saturated rings. The van der Waals surface area contributed by atoms with Crippen LogP contribution in [0.3, 0.4) is 0 Å². The topological polar surface area (TPSA) is 86.7 Å². The smallest absolute Gasteiger partial charge is 0.266 e. The Morgan fingerprint density at radius 1 is 0.727 bits per heavy atom. The zero-order valence-electron chi connectivity index (χ0n) is 13.2. The Morgan fingerprint density at radius 3 is 1.36 bits per heavy atom. The molecule has 0 amide bonds. The van der Waals surface area contributed by atoms with Crippen LogP contribution in [0.1, 0.15) is 52.4 Å². The van der Waals surface area contributed by atoms with Crippen molar-refractivity contribution in [2.24, 2.45) is 11.8 Å². The van der Waals surface area contributed by atoms with Crippen LogP contribution in [0.15, 0.2) is 0 Å². The third-order valence-corrected chi connectivity index (χ3v) is 7.44. The van der Waals surface area contributed by atoms with Gasteiger partial charge < -0.3 is 0 Å². The quantitative estimate of drug-likeness (QED) is 0.650. The molecule has 0 bridgehead atoms. The van der Waals surface area contributed by atoms with Gasteiger partial charge in [0.1, 0.15) is 0 Å². The van der Waals surface area contributed by atoms with Crippen molar-refractivity contribution in [1.82, 2.24) is 0 Å². The predicted molar refractivity (Wildman–Crippen MR) is 83.3 cm³/mol. The summed E-state index contributed by atoms with van der Waals surface area (Å²) in [5.41, 5.74) is 0. The molecule has 2 rings (SSSR count). The van der Waals surface area contributed by atoms with E-state index >= 15 is 0 Å². The van der Waals surface area contributed by atoms with Gasteiger partial charge in [0.05, 0.1) is 23.7 Å². The molecule has 8 heteroatoms. The Bertz CT molecular complexity index is 516. The lowest BCUT2D eigenvalue weighted by Crippen LogP contribution is -2.28. The van der Waals surface area contributed by atoms with E-state index in [1.54, 1.807) is 0 Å². The van der Waals surface area contributed by atoms with Crippen LogP contribution in [0.25, 0.3) is 0 Å². The number of hydrogen-bond acceptors (Lipinski definition) is 6. The summed E-state index contributed by atoms with van der Waals surface area (Å²) in [6.07, 6.45) is 4.58. The molecule has 2 saturated carbocycles. The largest absolute Gasteiger partial charge is 0.268 e. The van der Waals surface area contributed by atoms with Crippen LogP contribution in [0.4, 0.5) is 0 Å². The van der Waals surface area contributed by atoms with Gasteiger partial charge in [-0.3, -0.25) is 8.37 Å². The van der Waals surface area contributed by atoms with Crippen LogP contribution in [-0.4, -0.2) is 40.5 Å². The molecule has 2 aliphatic carbocycles. The Morgan fingerprint density at radius 2 is 1.09 bits per heavy atom. The second-order valence-corrected chi connectivity index (χ2v) is 10.0. The van der Waals surface area contributed by atoms with Crippen molar-refractivity contribution in [1.29, 1.82) is 0 Å². The first-order chi connectivity index (χ1) is 10.2. The highest BCUT2D eigenvalue weighted by atomic mass is 32.2. The van der Waals surface area contributed by atoms with Gasteiger partial charge in [-0.1, -0.05) is 26.7 Å². The van der Waals surface area contributed by atoms with E-state index in [9.17, 15) is 16.8 Å². The first-order valence-corrected chi connectivity index (χ1v) is 11.2. The predicted octanol–water partition coefficient (Wildman–Crippen LogP) is 2.06. The van der Waals surface area contributed by atoms with Gasteiger partial charge in [-0.25, -0.2) is 0 Å². The average Bonchev–Trinajstić information content (AvgIpc) is 2.98. The first kappa shape index (κ1) is 18.2. The summed E-state index contributed by atoms with van der Waals surface area (Å²) in [5.74, 6) is -0.691. The van der Waals surface area contributed by atoms with Crippen LogP contribution >= 0.6 is 0 Å². The standard InChI is InChI=1S/C14H26O6S2/c1-11-5-3-7-13(11)19-21(15,16)9-10-22(17,18)20-14-8-4-6-12(14)2/h11-14H,3-10H2,1-2H3. The van der Waals surface area contributed by atoms with Gasteiger partial charge in [-0.2, -0.15) is 16.8 Å². The normalized spacial score (nSPS) is 33.4. The van der Waals surface area contributed by atoms with Crippen molar-refractivity contribution in [3.8, 4) is 0 Å². The molecule has 0 radical (unpaired) electrons. The maximum absolute atomic E-state index is 11.9. The second kappa shape index (κ2) is 7.15. The molecule has 0 spiro atoms. The summed E-state index contributed by atoms with van der Waals surface area (Å²) in [6, 6.07) is 0. The molecule has 22 heavy (non-hydrogen) atoms. The molecule has 0 aliphatic heterocycles. The Kier molecular flexibility index (Phi) is 5.90. The maximum Gasteiger partial charge on any atom is 0.268 e. The second-order valence-electron chi connectivity index (χ2n) is 6.61. The van der Waals surface area contributed by atoms with Gasteiger partial charge in [0.15, 0.2) is 0 Å². The van der Waals surface area contributed by atoms with E-state index in [-0.39, 0.29) is 24.0 Å². The van der Waals surface area contributed by atoms with Crippen LogP contribution in [0, 0.1) is 11.8 Å². The van der Waals surface area contributed by atoms with E-state index in [1.165, 1.54) is 0 Å². The monoisotopic (exact) mass is 354 g/mol. The molecule has 4 unspecified atom stereocenters. The molecule has 130 valence electrons.